The lowest BCUT2D eigenvalue weighted by atomic mass is 10.1. The number of sulfonamides is 1. The maximum atomic E-state index is 11.3. The summed E-state index contributed by atoms with van der Waals surface area (Å²) in [5.74, 6) is 0.186. The van der Waals surface area contributed by atoms with Crippen LogP contribution in [-0.4, -0.2) is 19.3 Å². The normalized spacial score (nSPS) is 13.7. The Labute approximate surface area is 90.0 Å². The van der Waals surface area contributed by atoms with Gasteiger partial charge in [-0.3, -0.25) is 0 Å². The molecule has 0 saturated carbocycles. The Kier molecular flexibility index (Phi) is 3.71. The lowest BCUT2D eigenvalue weighted by Crippen LogP contribution is -2.28. The molecule has 5 heteroatoms. The number of benzene rings is 1. The molecule has 0 aliphatic heterocycles. The van der Waals surface area contributed by atoms with Crippen molar-refractivity contribution in [2.24, 2.45) is 0 Å². The van der Waals surface area contributed by atoms with Crippen LogP contribution in [0.4, 0.5) is 0 Å². The number of nitrogens with one attached hydrogen (secondary N) is 1. The SMILES string of the molecule is CCS(=O)(=O)NC(C)c1cccc(O)c1. The summed E-state index contributed by atoms with van der Waals surface area (Å²) in [7, 11) is -3.21. The van der Waals surface area contributed by atoms with E-state index in [4.69, 9.17) is 0 Å². The first-order valence-corrected chi connectivity index (χ1v) is 6.39. The molecule has 0 aliphatic rings. The van der Waals surface area contributed by atoms with E-state index in [2.05, 4.69) is 4.72 Å². The van der Waals surface area contributed by atoms with Crippen LogP contribution in [0.5, 0.6) is 5.75 Å². The average Bonchev–Trinajstić information content (AvgIpc) is 2.17. The summed E-state index contributed by atoms with van der Waals surface area (Å²) in [6.07, 6.45) is 0. The van der Waals surface area contributed by atoms with Crippen LogP contribution in [0.25, 0.3) is 0 Å². The van der Waals surface area contributed by atoms with Gasteiger partial charge in [0.15, 0.2) is 0 Å². The van der Waals surface area contributed by atoms with Crippen LogP contribution in [0.15, 0.2) is 24.3 Å². The molecule has 0 aromatic heterocycles. The Balaban J connectivity index is 2.82. The molecule has 4 nitrogen and oxygen atoms in total. The number of phenols is 1. The summed E-state index contributed by atoms with van der Waals surface area (Å²) in [6.45, 7) is 3.32. The quantitative estimate of drug-likeness (QED) is 0.820. The highest BCUT2D eigenvalue weighted by Gasteiger charge is 2.13. The minimum absolute atomic E-state index is 0.0517. The lowest BCUT2D eigenvalue weighted by Gasteiger charge is -2.13. The van der Waals surface area contributed by atoms with Crippen molar-refractivity contribution in [2.75, 3.05) is 5.75 Å². The van der Waals surface area contributed by atoms with Gasteiger partial charge >= 0.3 is 0 Å². The molecule has 2 N–H and O–H groups in total. The van der Waals surface area contributed by atoms with Crippen molar-refractivity contribution in [1.82, 2.24) is 4.72 Å². The highest BCUT2D eigenvalue weighted by Crippen LogP contribution is 2.18. The van der Waals surface area contributed by atoms with Gasteiger partial charge in [-0.1, -0.05) is 12.1 Å². The third-order valence-corrected chi connectivity index (χ3v) is 3.58. The van der Waals surface area contributed by atoms with Gasteiger partial charge in [-0.25, -0.2) is 13.1 Å². The molecule has 0 radical (unpaired) electrons. The van der Waals surface area contributed by atoms with Crippen molar-refractivity contribution in [2.45, 2.75) is 19.9 Å². The molecular formula is C10H15NO3S. The van der Waals surface area contributed by atoms with Crippen LogP contribution < -0.4 is 4.72 Å². The predicted molar refractivity (Wildman–Crippen MR) is 59.1 cm³/mol. The van der Waals surface area contributed by atoms with Gasteiger partial charge < -0.3 is 5.11 Å². The Morgan fingerprint density at radius 3 is 2.67 bits per heavy atom. The summed E-state index contributed by atoms with van der Waals surface area (Å²) in [4.78, 5) is 0. The van der Waals surface area contributed by atoms with Gasteiger partial charge in [0.2, 0.25) is 10.0 Å². The van der Waals surface area contributed by atoms with Crippen molar-refractivity contribution >= 4 is 10.0 Å². The number of rotatable bonds is 4. The number of phenolic OH excluding ortho intramolecular Hbond substituents is 1. The maximum absolute atomic E-state index is 11.3. The van der Waals surface area contributed by atoms with E-state index in [0.29, 0.717) is 0 Å². The third-order valence-electron chi connectivity index (χ3n) is 2.11. The van der Waals surface area contributed by atoms with Crippen molar-refractivity contribution in [3.63, 3.8) is 0 Å². The molecule has 0 spiro atoms. The summed E-state index contributed by atoms with van der Waals surface area (Å²) in [5.41, 5.74) is 0.743. The van der Waals surface area contributed by atoms with Crippen LogP contribution in [-0.2, 0) is 10.0 Å². The van der Waals surface area contributed by atoms with Crippen LogP contribution >= 0.6 is 0 Å². The van der Waals surface area contributed by atoms with E-state index in [1.54, 1.807) is 38.1 Å². The maximum Gasteiger partial charge on any atom is 0.211 e. The van der Waals surface area contributed by atoms with Crippen molar-refractivity contribution in [3.05, 3.63) is 29.8 Å². The fourth-order valence-corrected chi connectivity index (χ4v) is 2.06. The standard InChI is InChI=1S/C10H15NO3S/c1-3-15(13,14)11-8(2)9-5-4-6-10(12)7-9/h4-8,11-12H,3H2,1-2H3. The van der Waals surface area contributed by atoms with E-state index < -0.39 is 10.0 Å². The van der Waals surface area contributed by atoms with Crippen LogP contribution in [0.2, 0.25) is 0 Å². The highest BCUT2D eigenvalue weighted by atomic mass is 32.2. The first kappa shape index (κ1) is 12.0. The van der Waals surface area contributed by atoms with E-state index in [1.165, 1.54) is 0 Å². The van der Waals surface area contributed by atoms with E-state index in [0.717, 1.165) is 5.56 Å². The first-order chi connectivity index (χ1) is 6.94. The zero-order valence-electron chi connectivity index (χ0n) is 8.77. The molecule has 0 saturated heterocycles. The van der Waals surface area contributed by atoms with Crippen molar-refractivity contribution in [3.8, 4) is 5.75 Å². The Hall–Kier alpha value is -1.07. The average molecular weight is 229 g/mol. The Morgan fingerprint density at radius 1 is 1.47 bits per heavy atom. The smallest absolute Gasteiger partial charge is 0.211 e. The lowest BCUT2D eigenvalue weighted by molar-refractivity contribution is 0.473. The zero-order chi connectivity index (χ0) is 11.5. The van der Waals surface area contributed by atoms with Crippen LogP contribution in [0.1, 0.15) is 25.5 Å². The van der Waals surface area contributed by atoms with Gasteiger partial charge in [0.05, 0.1) is 5.75 Å². The molecule has 1 aromatic rings. The largest absolute Gasteiger partial charge is 0.508 e. The summed E-state index contributed by atoms with van der Waals surface area (Å²) < 4.78 is 25.1. The van der Waals surface area contributed by atoms with Crippen LogP contribution in [0, 0.1) is 0 Å². The molecule has 0 heterocycles. The summed E-state index contributed by atoms with van der Waals surface area (Å²) in [6, 6.07) is 6.21. The molecule has 1 atom stereocenters. The fraction of sp³-hybridized carbons (Fsp3) is 0.400. The predicted octanol–water partition coefficient (Wildman–Crippen LogP) is 1.39. The fourth-order valence-electron chi connectivity index (χ4n) is 1.21. The molecule has 0 amide bonds. The minimum atomic E-state index is -3.21. The monoisotopic (exact) mass is 229 g/mol. The Bertz CT molecular complexity index is 428. The summed E-state index contributed by atoms with van der Waals surface area (Å²) in [5, 5.41) is 9.24. The molecule has 0 aliphatic carbocycles. The van der Waals surface area contributed by atoms with Gasteiger partial charge in [0.25, 0.3) is 0 Å². The number of aromatic hydroxyl groups is 1. The molecule has 84 valence electrons. The molecule has 0 fully saturated rings. The van der Waals surface area contributed by atoms with Gasteiger partial charge in [-0.2, -0.15) is 0 Å². The van der Waals surface area contributed by atoms with Gasteiger partial charge in [0.1, 0.15) is 5.75 Å². The number of hydrogen-bond donors (Lipinski definition) is 2. The van der Waals surface area contributed by atoms with E-state index in [9.17, 15) is 13.5 Å². The topological polar surface area (TPSA) is 66.4 Å². The molecule has 1 aromatic carbocycles. The van der Waals surface area contributed by atoms with E-state index >= 15 is 0 Å². The second-order valence-electron chi connectivity index (χ2n) is 3.34. The van der Waals surface area contributed by atoms with E-state index in [-0.39, 0.29) is 17.5 Å². The second kappa shape index (κ2) is 4.63. The van der Waals surface area contributed by atoms with Gasteiger partial charge in [-0.15, -0.1) is 0 Å². The molecule has 15 heavy (non-hydrogen) atoms. The first-order valence-electron chi connectivity index (χ1n) is 4.73. The third kappa shape index (κ3) is 3.53. The van der Waals surface area contributed by atoms with Crippen molar-refractivity contribution < 1.29 is 13.5 Å². The molecule has 1 rings (SSSR count). The van der Waals surface area contributed by atoms with Crippen molar-refractivity contribution in [1.29, 1.82) is 0 Å². The van der Waals surface area contributed by atoms with E-state index in [1.807, 2.05) is 0 Å². The number of hydrogen-bond acceptors (Lipinski definition) is 3. The van der Waals surface area contributed by atoms with Gasteiger partial charge in [0, 0.05) is 6.04 Å². The molecule has 0 bridgehead atoms. The highest BCUT2D eigenvalue weighted by molar-refractivity contribution is 7.89. The molecule has 1 unspecified atom stereocenters. The Morgan fingerprint density at radius 2 is 2.13 bits per heavy atom. The minimum Gasteiger partial charge on any atom is -0.508 e. The van der Waals surface area contributed by atoms with Gasteiger partial charge in [-0.05, 0) is 31.5 Å². The van der Waals surface area contributed by atoms with Crippen LogP contribution in [0.3, 0.4) is 0 Å². The summed E-state index contributed by atoms with van der Waals surface area (Å²) >= 11 is 0. The molecular weight excluding hydrogens is 214 g/mol. The zero-order valence-corrected chi connectivity index (χ0v) is 9.58. The second-order valence-corrected chi connectivity index (χ2v) is 5.38.